The first-order valence-electron chi connectivity index (χ1n) is 12.3. The quantitative estimate of drug-likeness (QED) is 0.268. The first-order chi connectivity index (χ1) is 18.8. The Hall–Kier alpha value is -2.49. The maximum atomic E-state index is 14.0. The van der Waals surface area contributed by atoms with Crippen molar-refractivity contribution in [2.45, 2.75) is 38.9 Å². The van der Waals surface area contributed by atoms with E-state index in [1.165, 1.54) is 23.1 Å². The summed E-state index contributed by atoms with van der Waals surface area (Å²) in [6, 6.07) is 17.1. The molecule has 3 aromatic carbocycles. The average Bonchev–Trinajstić information content (AvgIpc) is 2.87. The summed E-state index contributed by atoms with van der Waals surface area (Å²) in [5.74, 6) is -1.01. The van der Waals surface area contributed by atoms with Crippen LogP contribution in [0.4, 0.5) is 5.69 Å². The van der Waals surface area contributed by atoms with Crippen LogP contribution < -0.4 is 9.62 Å². The van der Waals surface area contributed by atoms with Crippen molar-refractivity contribution >= 4 is 73.9 Å². The number of nitrogens with zero attached hydrogens (tertiary/aromatic N) is 2. The number of nitrogens with one attached hydrogen (secondary N) is 1. The molecule has 0 heterocycles. The zero-order valence-corrected chi connectivity index (χ0v) is 25.9. The summed E-state index contributed by atoms with van der Waals surface area (Å²) in [4.78, 5) is 28.9. The molecule has 0 aliphatic carbocycles. The van der Waals surface area contributed by atoms with Crippen LogP contribution in [0, 0.1) is 0 Å². The number of halogens is 4. The molecular weight excluding hydrogens is 616 g/mol. The number of anilines is 1. The van der Waals surface area contributed by atoms with E-state index in [9.17, 15) is 18.0 Å². The van der Waals surface area contributed by atoms with Crippen molar-refractivity contribution in [2.75, 3.05) is 17.1 Å². The minimum absolute atomic E-state index is 0.0726. The number of hydrogen-bond acceptors (Lipinski definition) is 4. The standard InChI is InChI=1S/C28H29Cl4N3O4S/c1-18(2)33-28(37)26(13-19-7-5-4-6-8-19)34(16-20-9-10-21(29)14-24(20)31)27(36)17-35(40(3,38)39)22-11-12-23(30)25(32)15-22/h4-12,14-15,18,26H,13,16-17H2,1-3H3,(H,33,37)/t26-/m1/s1. The predicted octanol–water partition coefficient (Wildman–Crippen LogP) is 6.23. The van der Waals surface area contributed by atoms with Gasteiger partial charge in [-0.2, -0.15) is 0 Å². The molecule has 12 heteroatoms. The monoisotopic (exact) mass is 643 g/mol. The molecule has 0 spiro atoms. The fourth-order valence-electron chi connectivity index (χ4n) is 4.02. The summed E-state index contributed by atoms with van der Waals surface area (Å²) in [6.07, 6.45) is 1.16. The van der Waals surface area contributed by atoms with Gasteiger partial charge < -0.3 is 10.2 Å². The van der Waals surface area contributed by atoms with Gasteiger partial charge in [0.05, 0.1) is 22.0 Å². The van der Waals surface area contributed by atoms with Crippen molar-refractivity contribution in [1.82, 2.24) is 10.2 Å². The molecule has 0 bridgehead atoms. The van der Waals surface area contributed by atoms with Gasteiger partial charge in [0.15, 0.2) is 0 Å². The van der Waals surface area contributed by atoms with Gasteiger partial charge in [-0.25, -0.2) is 8.42 Å². The second-order valence-electron chi connectivity index (χ2n) is 9.49. The number of benzene rings is 3. The summed E-state index contributed by atoms with van der Waals surface area (Å²) < 4.78 is 26.6. The highest BCUT2D eigenvalue weighted by molar-refractivity contribution is 7.92. The van der Waals surface area contributed by atoms with Crippen LogP contribution in [0.2, 0.25) is 20.1 Å². The molecular formula is C28H29Cl4N3O4S. The summed E-state index contributed by atoms with van der Waals surface area (Å²) in [5.41, 5.74) is 1.51. The van der Waals surface area contributed by atoms with E-state index in [-0.39, 0.29) is 34.7 Å². The van der Waals surface area contributed by atoms with E-state index in [0.29, 0.717) is 15.6 Å². The molecule has 1 N–H and O–H groups in total. The van der Waals surface area contributed by atoms with Gasteiger partial charge >= 0.3 is 0 Å². The molecule has 3 aromatic rings. The van der Waals surface area contributed by atoms with E-state index in [2.05, 4.69) is 5.32 Å². The van der Waals surface area contributed by atoms with Crippen LogP contribution in [0.1, 0.15) is 25.0 Å². The van der Waals surface area contributed by atoms with Crippen molar-refractivity contribution in [2.24, 2.45) is 0 Å². The smallest absolute Gasteiger partial charge is 0.244 e. The molecule has 2 amide bonds. The van der Waals surface area contributed by atoms with Crippen LogP contribution in [0.3, 0.4) is 0 Å². The number of amides is 2. The Kier molecular flexibility index (Phi) is 11.1. The first kappa shape index (κ1) is 32.0. The molecule has 0 radical (unpaired) electrons. The third-order valence-corrected chi connectivity index (χ3v) is 8.39. The number of carbonyl (C=O) groups is 2. The normalized spacial score (nSPS) is 12.2. The SMILES string of the molecule is CC(C)NC(=O)[C@@H](Cc1ccccc1)N(Cc1ccc(Cl)cc1Cl)C(=O)CN(c1ccc(Cl)c(Cl)c1)S(C)(=O)=O. The predicted molar refractivity (Wildman–Crippen MR) is 163 cm³/mol. The van der Waals surface area contributed by atoms with Gasteiger partial charge in [-0.3, -0.25) is 13.9 Å². The fraction of sp³-hybridized carbons (Fsp3) is 0.286. The first-order valence-corrected chi connectivity index (χ1v) is 15.6. The molecule has 0 unspecified atom stereocenters. The lowest BCUT2D eigenvalue weighted by atomic mass is 10.0. The van der Waals surface area contributed by atoms with Crippen LogP contribution in [-0.4, -0.2) is 50.0 Å². The fourth-order valence-corrected chi connectivity index (χ4v) is 5.62. The number of carbonyl (C=O) groups excluding carboxylic acids is 2. The molecule has 0 aliphatic rings. The third kappa shape index (κ3) is 8.75. The zero-order valence-electron chi connectivity index (χ0n) is 22.1. The van der Waals surface area contributed by atoms with E-state index in [1.807, 2.05) is 44.2 Å². The maximum Gasteiger partial charge on any atom is 0.244 e. The average molecular weight is 645 g/mol. The number of rotatable bonds is 11. The molecule has 1 atom stereocenters. The highest BCUT2D eigenvalue weighted by Crippen LogP contribution is 2.29. The van der Waals surface area contributed by atoms with Crippen LogP contribution in [0.15, 0.2) is 66.7 Å². The molecule has 3 rings (SSSR count). The van der Waals surface area contributed by atoms with Crippen LogP contribution in [-0.2, 0) is 32.6 Å². The number of hydrogen-bond donors (Lipinski definition) is 1. The minimum atomic E-state index is -3.95. The van der Waals surface area contributed by atoms with Gasteiger partial charge in [-0.05, 0) is 55.3 Å². The van der Waals surface area contributed by atoms with E-state index >= 15 is 0 Å². The highest BCUT2D eigenvalue weighted by Gasteiger charge is 2.33. The van der Waals surface area contributed by atoms with E-state index < -0.39 is 34.4 Å². The Balaban J connectivity index is 2.09. The zero-order chi connectivity index (χ0) is 29.6. The lowest BCUT2D eigenvalue weighted by Crippen LogP contribution is -2.54. The Bertz CT molecular complexity index is 1470. The second kappa shape index (κ2) is 13.9. The van der Waals surface area contributed by atoms with E-state index in [4.69, 9.17) is 46.4 Å². The van der Waals surface area contributed by atoms with Crippen molar-refractivity contribution in [3.8, 4) is 0 Å². The Morgan fingerprint density at radius 1 is 0.875 bits per heavy atom. The molecule has 0 fully saturated rings. The van der Waals surface area contributed by atoms with Gasteiger partial charge in [0.2, 0.25) is 21.8 Å². The Morgan fingerprint density at radius 2 is 1.55 bits per heavy atom. The third-order valence-electron chi connectivity index (χ3n) is 5.93. The lowest BCUT2D eigenvalue weighted by Gasteiger charge is -2.34. The van der Waals surface area contributed by atoms with Gasteiger partial charge in [0.1, 0.15) is 12.6 Å². The van der Waals surface area contributed by atoms with Gasteiger partial charge in [-0.1, -0.05) is 82.8 Å². The minimum Gasteiger partial charge on any atom is -0.352 e. The maximum absolute atomic E-state index is 14.0. The summed E-state index contributed by atoms with van der Waals surface area (Å²) >= 11 is 24.7. The van der Waals surface area contributed by atoms with Crippen molar-refractivity contribution in [3.63, 3.8) is 0 Å². The van der Waals surface area contributed by atoms with Crippen molar-refractivity contribution < 1.29 is 18.0 Å². The lowest BCUT2D eigenvalue weighted by molar-refractivity contribution is -0.140. The van der Waals surface area contributed by atoms with Crippen molar-refractivity contribution in [3.05, 3.63) is 97.9 Å². The van der Waals surface area contributed by atoms with Gasteiger partial charge in [-0.15, -0.1) is 0 Å². The Morgan fingerprint density at radius 3 is 2.12 bits per heavy atom. The Labute approximate surface area is 255 Å². The molecule has 0 saturated heterocycles. The molecule has 7 nitrogen and oxygen atoms in total. The second-order valence-corrected chi connectivity index (χ2v) is 13.1. The molecule has 0 saturated carbocycles. The molecule has 0 aliphatic heterocycles. The largest absolute Gasteiger partial charge is 0.352 e. The summed E-state index contributed by atoms with van der Waals surface area (Å²) in [6.45, 7) is 2.96. The van der Waals surface area contributed by atoms with E-state index in [1.54, 1.807) is 18.2 Å². The van der Waals surface area contributed by atoms with Crippen LogP contribution in [0.25, 0.3) is 0 Å². The molecule has 0 aromatic heterocycles. The highest BCUT2D eigenvalue weighted by atomic mass is 35.5. The summed E-state index contributed by atoms with van der Waals surface area (Å²) in [5, 5.41) is 3.96. The van der Waals surface area contributed by atoms with Crippen LogP contribution >= 0.6 is 46.4 Å². The van der Waals surface area contributed by atoms with Crippen molar-refractivity contribution in [1.29, 1.82) is 0 Å². The van der Waals surface area contributed by atoms with Gasteiger partial charge in [0, 0.05) is 29.1 Å². The number of sulfonamides is 1. The van der Waals surface area contributed by atoms with Gasteiger partial charge in [0.25, 0.3) is 0 Å². The van der Waals surface area contributed by atoms with Crippen LogP contribution in [0.5, 0.6) is 0 Å². The molecule has 40 heavy (non-hydrogen) atoms. The molecule has 214 valence electrons. The summed E-state index contributed by atoms with van der Waals surface area (Å²) in [7, 11) is -3.95. The van der Waals surface area contributed by atoms with E-state index in [0.717, 1.165) is 16.1 Å². The topological polar surface area (TPSA) is 86.8 Å².